The van der Waals surface area contributed by atoms with Gasteiger partial charge in [0.05, 0.1) is 6.61 Å². The minimum atomic E-state index is -0.337. The van der Waals surface area contributed by atoms with Crippen LogP contribution < -0.4 is 10.1 Å². The van der Waals surface area contributed by atoms with Crippen LogP contribution in [0.25, 0.3) is 0 Å². The van der Waals surface area contributed by atoms with Crippen LogP contribution in [0.2, 0.25) is 5.02 Å². The van der Waals surface area contributed by atoms with Crippen LogP contribution >= 0.6 is 11.6 Å². The normalized spacial score (nSPS) is 18.8. The lowest BCUT2D eigenvalue weighted by Crippen LogP contribution is -2.32. The number of halogens is 1. The summed E-state index contributed by atoms with van der Waals surface area (Å²) in [6.45, 7) is 2.26. The van der Waals surface area contributed by atoms with Crippen molar-refractivity contribution in [2.24, 2.45) is 0 Å². The lowest BCUT2D eigenvalue weighted by molar-refractivity contribution is 0.0944. The second-order valence-corrected chi connectivity index (χ2v) is 6.77. The van der Waals surface area contributed by atoms with Gasteiger partial charge in [-0.1, -0.05) is 23.7 Å². The Morgan fingerprint density at radius 1 is 1.29 bits per heavy atom. The zero-order valence-electron chi connectivity index (χ0n) is 13.5. The number of fused-ring (bicyclic) bond motifs is 1. The fourth-order valence-corrected chi connectivity index (χ4v) is 3.19. The van der Waals surface area contributed by atoms with Crippen LogP contribution in [-0.4, -0.2) is 29.8 Å². The molecule has 1 aliphatic heterocycles. The van der Waals surface area contributed by atoms with E-state index in [1.807, 2.05) is 36.4 Å². The van der Waals surface area contributed by atoms with Gasteiger partial charge in [-0.05, 0) is 48.4 Å². The fourth-order valence-electron chi connectivity index (χ4n) is 3.07. The molecule has 126 valence electrons. The molecule has 1 unspecified atom stereocenters. The molecule has 0 saturated carbocycles. The molecule has 0 spiro atoms. The highest BCUT2D eigenvalue weighted by atomic mass is 35.5. The van der Waals surface area contributed by atoms with Gasteiger partial charge in [0.2, 0.25) is 0 Å². The molecule has 1 amide bonds. The summed E-state index contributed by atoms with van der Waals surface area (Å²) in [6, 6.07) is 13.2. The lowest BCUT2D eigenvalue weighted by Gasteiger charge is -2.24. The topological polar surface area (TPSA) is 58.6 Å². The van der Waals surface area contributed by atoms with Gasteiger partial charge in [-0.15, -0.1) is 0 Å². The Bertz CT molecular complexity index is 745. The first-order valence-corrected chi connectivity index (χ1v) is 8.32. The first-order chi connectivity index (χ1) is 11.5. The van der Waals surface area contributed by atoms with E-state index in [9.17, 15) is 4.79 Å². The number of amides is 1. The molecule has 4 nitrogen and oxygen atoms in total. The molecule has 0 aliphatic carbocycles. The van der Waals surface area contributed by atoms with Crippen LogP contribution in [0, 0.1) is 0 Å². The number of hydrogen-bond acceptors (Lipinski definition) is 3. The van der Waals surface area contributed by atoms with Gasteiger partial charge in [0.15, 0.2) is 0 Å². The minimum Gasteiger partial charge on any atom is -0.487 e. The standard InChI is InChI=1S/C19H20ClNO3/c1-19(11-13-2-5-16(20)6-3-13)12-15-10-14(4-7-17(15)24-19)18(23)21-8-9-22/h2-7,10,22H,8-9,11-12H2,1H3,(H,21,23). The molecule has 0 radical (unpaired) electrons. The van der Waals surface area contributed by atoms with Gasteiger partial charge in [0.25, 0.3) is 5.91 Å². The molecule has 0 bridgehead atoms. The van der Waals surface area contributed by atoms with E-state index in [-0.39, 0.29) is 24.7 Å². The summed E-state index contributed by atoms with van der Waals surface area (Å²) in [5.74, 6) is 0.642. The Labute approximate surface area is 146 Å². The van der Waals surface area contributed by atoms with Crippen LogP contribution in [0.15, 0.2) is 42.5 Å². The largest absolute Gasteiger partial charge is 0.487 e. The van der Waals surface area contributed by atoms with E-state index in [0.29, 0.717) is 5.56 Å². The molecule has 0 fully saturated rings. The van der Waals surface area contributed by atoms with E-state index in [4.69, 9.17) is 21.4 Å². The van der Waals surface area contributed by atoms with Crippen molar-refractivity contribution in [1.29, 1.82) is 0 Å². The summed E-state index contributed by atoms with van der Waals surface area (Å²) in [4.78, 5) is 12.0. The van der Waals surface area contributed by atoms with E-state index >= 15 is 0 Å². The molecule has 2 N–H and O–H groups in total. The third-order valence-corrected chi connectivity index (χ3v) is 4.38. The van der Waals surface area contributed by atoms with Gasteiger partial charge >= 0.3 is 0 Å². The second kappa shape index (κ2) is 6.83. The predicted octanol–water partition coefficient (Wildman–Crippen LogP) is 3.00. The number of carbonyl (C=O) groups is 1. The molecule has 5 heteroatoms. The zero-order chi connectivity index (χ0) is 17.2. The number of nitrogens with one attached hydrogen (secondary N) is 1. The van der Waals surface area contributed by atoms with E-state index in [2.05, 4.69) is 12.2 Å². The van der Waals surface area contributed by atoms with E-state index in [0.717, 1.165) is 34.7 Å². The number of aliphatic hydroxyl groups excluding tert-OH is 1. The van der Waals surface area contributed by atoms with E-state index in [1.54, 1.807) is 6.07 Å². The zero-order valence-corrected chi connectivity index (χ0v) is 14.3. The Morgan fingerprint density at radius 2 is 2.04 bits per heavy atom. The smallest absolute Gasteiger partial charge is 0.251 e. The number of benzene rings is 2. The van der Waals surface area contributed by atoms with E-state index in [1.165, 1.54) is 0 Å². The molecule has 1 atom stereocenters. The van der Waals surface area contributed by atoms with Crippen LogP contribution in [-0.2, 0) is 12.8 Å². The van der Waals surface area contributed by atoms with Crippen LogP contribution in [0.3, 0.4) is 0 Å². The van der Waals surface area contributed by atoms with E-state index < -0.39 is 0 Å². The van der Waals surface area contributed by atoms with Crippen molar-refractivity contribution in [2.45, 2.75) is 25.4 Å². The van der Waals surface area contributed by atoms with Gasteiger partial charge in [-0.3, -0.25) is 4.79 Å². The average Bonchev–Trinajstić information content (AvgIpc) is 2.89. The predicted molar refractivity (Wildman–Crippen MR) is 93.8 cm³/mol. The molecule has 2 aromatic rings. The maximum atomic E-state index is 12.0. The van der Waals surface area contributed by atoms with Gasteiger partial charge in [0, 0.05) is 30.0 Å². The minimum absolute atomic E-state index is 0.0705. The van der Waals surface area contributed by atoms with Crippen LogP contribution in [0.4, 0.5) is 0 Å². The van der Waals surface area contributed by atoms with Crippen molar-refractivity contribution < 1.29 is 14.6 Å². The summed E-state index contributed by atoms with van der Waals surface area (Å²) in [5, 5.41) is 12.2. The Balaban J connectivity index is 1.73. The first-order valence-electron chi connectivity index (χ1n) is 7.94. The monoisotopic (exact) mass is 345 g/mol. The van der Waals surface area contributed by atoms with Crippen molar-refractivity contribution in [3.63, 3.8) is 0 Å². The SMILES string of the molecule is CC1(Cc2ccc(Cl)cc2)Cc2cc(C(=O)NCCO)ccc2O1. The van der Waals surface area contributed by atoms with Crippen molar-refractivity contribution in [1.82, 2.24) is 5.32 Å². The summed E-state index contributed by atoms with van der Waals surface area (Å²) < 4.78 is 6.14. The van der Waals surface area contributed by atoms with Crippen LogP contribution in [0.5, 0.6) is 5.75 Å². The Kier molecular flexibility index (Phi) is 4.78. The molecule has 1 aliphatic rings. The van der Waals surface area contributed by atoms with Crippen molar-refractivity contribution >= 4 is 17.5 Å². The number of carbonyl (C=O) groups excluding carboxylic acids is 1. The summed E-state index contributed by atoms with van der Waals surface area (Å²) in [6.07, 6.45) is 1.51. The van der Waals surface area contributed by atoms with Crippen molar-refractivity contribution in [3.05, 3.63) is 64.2 Å². The molecular formula is C19H20ClNO3. The molecule has 2 aromatic carbocycles. The Hall–Kier alpha value is -2.04. The summed E-state index contributed by atoms with van der Waals surface area (Å²) >= 11 is 5.93. The quantitative estimate of drug-likeness (QED) is 0.875. The van der Waals surface area contributed by atoms with Gasteiger partial charge in [-0.25, -0.2) is 0 Å². The molecular weight excluding hydrogens is 326 g/mol. The highest BCUT2D eigenvalue weighted by molar-refractivity contribution is 6.30. The van der Waals surface area contributed by atoms with Gasteiger partial charge in [-0.2, -0.15) is 0 Å². The maximum absolute atomic E-state index is 12.0. The first kappa shape index (κ1) is 16.8. The van der Waals surface area contributed by atoms with Crippen molar-refractivity contribution in [2.75, 3.05) is 13.2 Å². The average molecular weight is 346 g/mol. The molecule has 1 heterocycles. The Morgan fingerprint density at radius 3 is 2.75 bits per heavy atom. The fraction of sp³-hybridized carbons (Fsp3) is 0.316. The number of ether oxygens (including phenoxy) is 1. The highest BCUT2D eigenvalue weighted by Gasteiger charge is 2.35. The molecule has 3 rings (SSSR count). The lowest BCUT2D eigenvalue weighted by atomic mass is 9.91. The second-order valence-electron chi connectivity index (χ2n) is 6.33. The molecule has 0 aromatic heterocycles. The highest BCUT2D eigenvalue weighted by Crippen LogP contribution is 2.37. The molecule has 0 saturated heterocycles. The van der Waals surface area contributed by atoms with Gasteiger partial charge in [0.1, 0.15) is 11.4 Å². The molecule has 24 heavy (non-hydrogen) atoms. The third-order valence-electron chi connectivity index (χ3n) is 4.13. The van der Waals surface area contributed by atoms with Gasteiger partial charge < -0.3 is 15.2 Å². The number of rotatable bonds is 5. The summed E-state index contributed by atoms with van der Waals surface area (Å²) in [7, 11) is 0. The number of hydrogen-bond donors (Lipinski definition) is 2. The number of aliphatic hydroxyl groups is 1. The third kappa shape index (κ3) is 3.71. The summed E-state index contributed by atoms with van der Waals surface area (Å²) in [5.41, 5.74) is 2.44. The van der Waals surface area contributed by atoms with Crippen LogP contribution in [0.1, 0.15) is 28.4 Å². The van der Waals surface area contributed by atoms with Crippen molar-refractivity contribution in [3.8, 4) is 5.75 Å². The maximum Gasteiger partial charge on any atom is 0.251 e.